The first-order valence-electron chi connectivity index (χ1n) is 3.73. The fourth-order valence-electron chi connectivity index (χ4n) is 0.939. The van der Waals surface area contributed by atoms with E-state index in [2.05, 4.69) is 20.7 Å². The number of benzene rings is 1. The summed E-state index contributed by atoms with van der Waals surface area (Å²) in [7, 11) is 1.20. The molecule has 1 atom stereocenters. The highest BCUT2D eigenvalue weighted by atomic mass is 79.9. The maximum atomic E-state index is 13.2. The van der Waals surface area contributed by atoms with Crippen LogP contribution in [0.5, 0.6) is 0 Å². The molecule has 1 aromatic carbocycles. The van der Waals surface area contributed by atoms with Gasteiger partial charge in [0.2, 0.25) is 0 Å². The zero-order chi connectivity index (χ0) is 10.7. The maximum Gasteiger partial charge on any atom is 0.328 e. The molecular formula is C9H7BrClFO2. The molecule has 5 heteroatoms. The minimum Gasteiger partial charge on any atom is -0.468 e. The van der Waals surface area contributed by atoms with Gasteiger partial charge in [0.25, 0.3) is 0 Å². The lowest BCUT2D eigenvalue weighted by Crippen LogP contribution is -2.10. The number of carbonyl (C=O) groups is 1. The molecule has 0 N–H and O–H groups in total. The number of carbonyl (C=O) groups excluding carboxylic acids is 1. The summed E-state index contributed by atoms with van der Waals surface area (Å²) in [6.07, 6.45) is 0. The molecule has 2 nitrogen and oxygen atoms in total. The van der Waals surface area contributed by atoms with Crippen molar-refractivity contribution in [2.24, 2.45) is 0 Å². The molecule has 0 saturated carbocycles. The van der Waals surface area contributed by atoms with Gasteiger partial charge in [0.15, 0.2) is 5.38 Å². The van der Waals surface area contributed by atoms with Crippen LogP contribution in [0.15, 0.2) is 22.7 Å². The lowest BCUT2D eigenvalue weighted by Gasteiger charge is -2.08. The molecule has 0 aliphatic rings. The molecule has 0 spiro atoms. The number of hydrogen-bond donors (Lipinski definition) is 0. The largest absolute Gasteiger partial charge is 0.468 e. The normalized spacial score (nSPS) is 12.3. The standard InChI is InChI=1S/C9H7BrClFO2/c1-14-9(13)8(11)6-4-5(10)2-3-7(6)12/h2-4,8H,1H3. The number of methoxy groups -OCH3 is 1. The van der Waals surface area contributed by atoms with Gasteiger partial charge in [0.05, 0.1) is 7.11 Å². The molecule has 0 aliphatic heterocycles. The Morgan fingerprint density at radius 3 is 2.86 bits per heavy atom. The summed E-state index contributed by atoms with van der Waals surface area (Å²) in [5.74, 6) is -1.21. The number of alkyl halides is 1. The molecule has 1 unspecified atom stereocenters. The molecule has 0 radical (unpaired) electrons. The molecule has 76 valence electrons. The van der Waals surface area contributed by atoms with Gasteiger partial charge >= 0.3 is 5.97 Å². The molecule has 0 fully saturated rings. The lowest BCUT2D eigenvalue weighted by molar-refractivity contribution is -0.140. The second-order valence-electron chi connectivity index (χ2n) is 2.55. The van der Waals surface area contributed by atoms with Crippen molar-refractivity contribution >= 4 is 33.5 Å². The van der Waals surface area contributed by atoms with Crippen LogP contribution in [0.2, 0.25) is 0 Å². The molecule has 1 aromatic rings. The van der Waals surface area contributed by atoms with Gasteiger partial charge in [-0.25, -0.2) is 4.39 Å². The van der Waals surface area contributed by atoms with E-state index in [0.717, 1.165) is 0 Å². The van der Waals surface area contributed by atoms with Crippen LogP contribution in [0.4, 0.5) is 4.39 Å². The van der Waals surface area contributed by atoms with Crippen LogP contribution >= 0.6 is 27.5 Å². The molecule has 0 heterocycles. The molecule has 0 amide bonds. The third-order valence-electron chi connectivity index (χ3n) is 1.64. The van der Waals surface area contributed by atoms with E-state index in [1.165, 1.54) is 25.3 Å². The molecule has 1 rings (SSSR count). The Morgan fingerprint density at radius 1 is 1.64 bits per heavy atom. The van der Waals surface area contributed by atoms with Gasteiger partial charge in [0.1, 0.15) is 5.82 Å². The number of hydrogen-bond acceptors (Lipinski definition) is 2. The highest BCUT2D eigenvalue weighted by Crippen LogP contribution is 2.27. The Hall–Kier alpha value is -0.610. The van der Waals surface area contributed by atoms with Gasteiger partial charge in [-0.05, 0) is 18.2 Å². The minimum absolute atomic E-state index is 0.105. The quantitative estimate of drug-likeness (QED) is 0.615. The van der Waals surface area contributed by atoms with E-state index in [-0.39, 0.29) is 5.56 Å². The Bertz CT molecular complexity index is 357. The van der Waals surface area contributed by atoms with Crippen molar-refractivity contribution < 1.29 is 13.9 Å². The summed E-state index contributed by atoms with van der Waals surface area (Å²) in [6, 6.07) is 4.21. The summed E-state index contributed by atoms with van der Waals surface area (Å²) in [6.45, 7) is 0. The average Bonchev–Trinajstić information content (AvgIpc) is 2.19. The van der Waals surface area contributed by atoms with E-state index in [0.29, 0.717) is 4.47 Å². The highest BCUT2D eigenvalue weighted by molar-refractivity contribution is 9.10. The predicted octanol–water partition coefficient (Wildman–Crippen LogP) is 3.04. The van der Waals surface area contributed by atoms with Crippen molar-refractivity contribution in [1.29, 1.82) is 0 Å². The van der Waals surface area contributed by atoms with E-state index in [1.807, 2.05) is 0 Å². The van der Waals surface area contributed by atoms with Gasteiger partial charge in [-0.15, -0.1) is 11.6 Å². The summed E-state index contributed by atoms with van der Waals surface area (Å²) in [5.41, 5.74) is 0.105. The maximum absolute atomic E-state index is 13.2. The number of esters is 1. The summed E-state index contributed by atoms with van der Waals surface area (Å²) in [5, 5.41) is -1.11. The van der Waals surface area contributed by atoms with Gasteiger partial charge in [-0.1, -0.05) is 15.9 Å². The van der Waals surface area contributed by atoms with Crippen molar-refractivity contribution in [2.75, 3.05) is 7.11 Å². The van der Waals surface area contributed by atoms with Crippen molar-refractivity contribution in [3.8, 4) is 0 Å². The van der Waals surface area contributed by atoms with E-state index >= 15 is 0 Å². The van der Waals surface area contributed by atoms with E-state index in [9.17, 15) is 9.18 Å². The van der Waals surface area contributed by atoms with E-state index < -0.39 is 17.2 Å². The van der Waals surface area contributed by atoms with E-state index in [1.54, 1.807) is 0 Å². The van der Waals surface area contributed by atoms with Crippen molar-refractivity contribution in [2.45, 2.75) is 5.38 Å². The Kier molecular flexibility index (Phi) is 3.89. The van der Waals surface area contributed by atoms with Gasteiger partial charge in [0, 0.05) is 10.0 Å². The Balaban J connectivity index is 3.05. The second-order valence-corrected chi connectivity index (χ2v) is 3.90. The fourth-order valence-corrected chi connectivity index (χ4v) is 1.57. The topological polar surface area (TPSA) is 26.3 Å². The minimum atomic E-state index is -1.11. The Labute approximate surface area is 94.1 Å². The first-order valence-corrected chi connectivity index (χ1v) is 4.96. The highest BCUT2D eigenvalue weighted by Gasteiger charge is 2.21. The van der Waals surface area contributed by atoms with Crippen LogP contribution in [0, 0.1) is 5.82 Å². The van der Waals surface area contributed by atoms with Crippen LogP contribution in [0.25, 0.3) is 0 Å². The van der Waals surface area contributed by atoms with Gasteiger partial charge < -0.3 is 4.74 Å². The van der Waals surface area contributed by atoms with Crippen LogP contribution in [0.3, 0.4) is 0 Å². The van der Waals surface area contributed by atoms with Gasteiger partial charge in [-0.2, -0.15) is 0 Å². The Morgan fingerprint density at radius 2 is 2.29 bits per heavy atom. The fraction of sp³-hybridized carbons (Fsp3) is 0.222. The summed E-state index contributed by atoms with van der Waals surface area (Å²) >= 11 is 8.86. The zero-order valence-corrected chi connectivity index (χ0v) is 9.60. The summed E-state index contributed by atoms with van der Waals surface area (Å²) in [4.78, 5) is 11.0. The van der Waals surface area contributed by atoms with Crippen LogP contribution in [-0.4, -0.2) is 13.1 Å². The molecule has 0 bridgehead atoms. The monoisotopic (exact) mass is 280 g/mol. The molecule has 0 aliphatic carbocycles. The number of rotatable bonds is 2. The van der Waals surface area contributed by atoms with Crippen LogP contribution in [-0.2, 0) is 9.53 Å². The third-order valence-corrected chi connectivity index (χ3v) is 2.55. The molecule has 0 saturated heterocycles. The second kappa shape index (κ2) is 4.75. The van der Waals surface area contributed by atoms with Crippen molar-refractivity contribution in [3.63, 3.8) is 0 Å². The molecule has 0 aromatic heterocycles. The SMILES string of the molecule is COC(=O)C(Cl)c1cc(Br)ccc1F. The first kappa shape index (κ1) is 11.5. The van der Waals surface area contributed by atoms with Crippen LogP contribution < -0.4 is 0 Å². The van der Waals surface area contributed by atoms with Gasteiger partial charge in [-0.3, -0.25) is 4.79 Å². The average molecular weight is 282 g/mol. The zero-order valence-electron chi connectivity index (χ0n) is 7.26. The molecular weight excluding hydrogens is 274 g/mol. The van der Waals surface area contributed by atoms with Crippen LogP contribution in [0.1, 0.15) is 10.9 Å². The smallest absolute Gasteiger partial charge is 0.328 e. The van der Waals surface area contributed by atoms with Crippen molar-refractivity contribution in [1.82, 2.24) is 0 Å². The molecule has 14 heavy (non-hydrogen) atoms. The van der Waals surface area contributed by atoms with Crippen molar-refractivity contribution in [3.05, 3.63) is 34.1 Å². The number of ether oxygens (including phenoxy) is 1. The van der Waals surface area contributed by atoms with E-state index in [4.69, 9.17) is 11.6 Å². The number of halogens is 3. The first-order chi connectivity index (χ1) is 6.56. The summed E-state index contributed by atoms with van der Waals surface area (Å²) < 4.78 is 18.3. The third kappa shape index (κ3) is 2.45. The predicted molar refractivity (Wildman–Crippen MR) is 54.7 cm³/mol. The lowest BCUT2D eigenvalue weighted by atomic mass is 10.1.